The second kappa shape index (κ2) is 4.12. The molecule has 1 heterocycles. The molecular formula is C11H7F3NO2. The summed E-state index contributed by atoms with van der Waals surface area (Å²) >= 11 is 0. The number of aromatic amines is 1. The molecule has 1 aromatic heterocycles. The number of rotatable bonds is 3. The molecule has 0 bridgehead atoms. The molecule has 1 aromatic carbocycles. The number of nitrogens with one attached hydrogen (secondary N) is 1. The number of aromatic nitrogens is 1. The molecule has 0 saturated heterocycles. The quantitative estimate of drug-likeness (QED) is 0.898. The van der Waals surface area contributed by atoms with E-state index in [1.165, 1.54) is 18.3 Å². The Balaban J connectivity index is 2.27. The molecule has 0 spiro atoms. The van der Waals surface area contributed by atoms with Crippen molar-refractivity contribution in [3.8, 4) is 5.75 Å². The zero-order valence-electron chi connectivity index (χ0n) is 8.47. The summed E-state index contributed by atoms with van der Waals surface area (Å²) in [4.78, 5) is 13.3. The molecule has 0 saturated carbocycles. The lowest BCUT2D eigenvalue weighted by molar-refractivity contribution is -0.153. The lowest BCUT2D eigenvalue weighted by Gasteiger charge is -2.08. The number of fused-ring (bicyclic) bond motifs is 1. The molecule has 2 aromatic rings. The first-order chi connectivity index (χ1) is 7.99. The second-order valence-electron chi connectivity index (χ2n) is 3.42. The van der Waals surface area contributed by atoms with Crippen LogP contribution in [-0.4, -0.2) is 24.1 Å². The summed E-state index contributed by atoms with van der Waals surface area (Å²) in [6, 6.07) is 4.32. The van der Waals surface area contributed by atoms with E-state index >= 15 is 0 Å². The van der Waals surface area contributed by atoms with Gasteiger partial charge < -0.3 is 9.72 Å². The summed E-state index contributed by atoms with van der Waals surface area (Å²) in [5.74, 6) is 0.0610. The molecule has 89 valence electrons. The van der Waals surface area contributed by atoms with Crippen molar-refractivity contribution in [2.45, 2.75) is 6.18 Å². The third kappa shape index (κ3) is 2.58. The number of H-pyrrole nitrogens is 1. The van der Waals surface area contributed by atoms with Gasteiger partial charge in [0.05, 0.1) is 5.56 Å². The Morgan fingerprint density at radius 2 is 2.12 bits per heavy atom. The van der Waals surface area contributed by atoms with Crippen LogP contribution in [0.25, 0.3) is 10.9 Å². The van der Waals surface area contributed by atoms with E-state index in [0.717, 1.165) is 0 Å². The van der Waals surface area contributed by atoms with Gasteiger partial charge in [0.2, 0.25) is 6.29 Å². The maximum atomic E-state index is 11.9. The average Bonchev–Trinajstić information content (AvgIpc) is 2.67. The molecule has 3 nitrogen and oxygen atoms in total. The maximum Gasteiger partial charge on any atom is 0.422 e. The number of ether oxygens (including phenoxy) is 1. The van der Waals surface area contributed by atoms with Crippen molar-refractivity contribution >= 4 is 17.2 Å². The van der Waals surface area contributed by atoms with Crippen molar-refractivity contribution in [3.05, 3.63) is 30.0 Å². The van der Waals surface area contributed by atoms with Gasteiger partial charge in [-0.3, -0.25) is 4.79 Å². The maximum absolute atomic E-state index is 11.9. The Hall–Kier alpha value is -1.98. The monoisotopic (exact) mass is 242 g/mol. The van der Waals surface area contributed by atoms with E-state index in [-0.39, 0.29) is 11.3 Å². The van der Waals surface area contributed by atoms with Gasteiger partial charge in [0.1, 0.15) is 5.75 Å². The number of hydrogen-bond acceptors (Lipinski definition) is 2. The normalized spacial score (nSPS) is 11.7. The minimum atomic E-state index is -4.38. The van der Waals surface area contributed by atoms with Gasteiger partial charge in [-0.05, 0) is 18.2 Å². The van der Waals surface area contributed by atoms with Crippen molar-refractivity contribution in [1.82, 2.24) is 4.98 Å². The summed E-state index contributed by atoms with van der Waals surface area (Å²) in [6.45, 7) is -1.36. The van der Waals surface area contributed by atoms with E-state index in [2.05, 4.69) is 9.72 Å². The predicted octanol–water partition coefficient (Wildman–Crippen LogP) is 2.57. The summed E-state index contributed by atoms with van der Waals surface area (Å²) in [6.07, 6.45) is -1.26. The Bertz CT molecular complexity index is 545. The van der Waals surface area contributed by atoms with E-state index in [4.69, 9.17) is 0 Å². The molecule has 1 N–H and O–H groups in total. The Morgan fingerprint density at radius 3 is 2.76 bits per heavy atom. The number of benzene rings is 1. The minimum absolute atomic E-state index is 0.0610. The molecule has 0 amide bonds. The first-order valence-electron chi connectivity index (χ1n) is 4.68. The molecule has 0 aliphatic carbocycles. The van der Waals surface area contributed by atoms with Gasteiger partial charge in [0, 0.05) is 17.1 Å². The van der Waals surface area contributed by atoms with E-state index in [9.17, 15) is 18.0 Å². The van der Waals surface area contributed by atoms with E-state index in [1.54, 1.807) is 12.4 Å². The lowest BCUT2D eigenvalue weighted by Crippen LogP contribution is -2.19. The molecule has 17 heavy (non-hydrogen) atoms. The highest BCUT2D eigenvalue weighted by Gasteiger charge is 2.28. The van der Waals surface area contributed by atoms with Gasteiger partial charge in [0.25, 0.3) is 0 Å². The van der Waals surface area contributed by atoms with Crippen LogP contribution in [0, 0.1) is 0 Å². The fourth-order valence-electron chi connectivity index (χ4n) is 1.44. The van der Waals surface area contributed by atoms with Gasteiger partial charge in [0.15, 0.2) is 6.61 Å². The molecule has 2 rings (SSSR count). The van der Waals surface area contributed by atoms with Crippen LogP contribution in [0.5, 0.6) is 5.75 Å². The molecule has 0 atom stereocenters. The zero-order valence-corrected chi connectivity index (χ0v) is 8.47. The van der Waals surface area contributed by atoms with E-state index in [0.29, 0.717) is 10.9 Å². The standard InChI is InChI=1S/C11H7F3NO2/c12-11(13,14)6-17-8-1-2-10-9(3-8)7(5-16)4-15-10/h1-4,15H,6H2. The van der Waals surface area contributed by atoms with Crippen LogP contribution >= 0.6 is 0 Å². The Morgan fingerprint density at radius 1 is 1.35 bits per heavy atom. The highest BCUT2D eigenvalue weighted by molar-refractivity contribution is 5.97. The van der Waals surface area contributed by atoms with Gasteiger partial charge in [-0.2, -0.15) is 13.2 Å². The van der Waals surface area contributed by atoms with Gasteiger partial charge in [-0.1, -0.05) is 0 Å². The Kier molecular flexibility index (Phi) is 2.79. The highest BCUT2D eigenvalue weighted by atomic mass is 19.4. The van der Waals surface area contributed by atoms with Crippen LogP contribution in [0.2, 0.25) is 0 Å². The minimum Gasteiger partial charge on any atom is -0.484 e. The predicted molar refractivity (Wildman–Crippen MR) is 54.6 cm³/mol. The molecule has 0 aliphatic heterocycles. The molecule has 6 heteroatoms. The largest absolute Gasteiger partial charge is 0.484 e. The van der Waals surface area contributed by atoms with E-state index in [1.807, 2.05) is 0 Å². The van der Waals surface area contributed by atoms with Crippen molar-refractivity contribution in [1.29, 1.82) is 0 Å². The second-order valence-corrected chi connectivity index (χ2v) is 3.42. The van der Waals surface area contributed by atoms with Crippen LogP contribution in [0.1, 0.15) is 5.56 Å². The Labute approximate surface area is 94.2 Å². The number of carbonyl (C=O) groups excluding carboxylic acids is 1. The summed E-state index contributed by atoms with van der Waals surface area (Å²) in [5, 5.41) is 0.486. The SMILES string of the molecule is O=[C]c1c[nH]c2ccc(OCC(F)(F)F)cc12. The van der Waals surface area contributed by atoms with Gasteiger partial charge in [-0.25, -0.2) is 0 Å². The summed E-state index contributed by atoms with van der Waals surface area (Å²) in [5.41, 5.74) is 0.903. The topological polar surface area (TPSA) is 42.1 Å². The third-order valence-electron chi connectivity index (χ3n) is 2.17. The number of hydrogen-bond donors (Lipinski definition) is 1. The molecule has 0 unspecified atom stereocenters. The van der Waals surface area contributed by atoms with E-state index < -0.39 is 12.8 Å². The first kappa shape index (κ1) is 11.5. The lowest BCUT2D eigenvalue weighted by atomic mass is 10.2. The molecule has 0 aliphatic rings. The first-order valence-corrected chi connectivity index (χ1v) is 4.68. The molecular weight excluding hydrogens is 235 g/mol. The smallest absolute Gasteiger partial charge is 0.422 e. The fourth-order valence-corrected chi connectivity index (χ4v) is 1.44. The van der Waals surface area contributed by atoms with Crippen LogP contribution in [0.4, 0.5) is 13.2 Å². The van der Waals surface area contributed by atoms with Crippen molar-refractivity contribution in [3.63, 3.8) is 0 Å². The van der Waals surface area contributed by atoms with Crippen molar-refractivity contribution in [2.24, 2.45) is 0 Å². The molecule has 1 radical (unpaired) electrons. The van der Waals surface area contributed by atoms with Crippen LogP contribution in [0.15, 0.2) is 24.4 Å². The van der Waals surface area contributed by atoms with Crippen LogP contribution in [0.3, 0.4) is 0 Å². The summed E-state index contributed by atoms with van der Waals surface area (Å²) in [7, 11) is 0. The summed E-state index contributed by atoms with van der Waals surface area (Å²) < 4.78 is 40.4. The highest BCUT2D eigenvalue weighted by Crippen LogP contribution is 2.24. The third-order valence-corrected chi connectivity index (χ3v) is 2.17. The molecule has 0 fully saturated rings. The van der Waals surface area contributed by atoms with Gasteiger partial charge >= 0.3 is 6.18 Å². The zero-order chi connectivity index (χ0) is 12.5. The fraction of sp³-hybridized carbons (Fsp3) is 0.182. The van der Waals surface area contributed by atoms with Crippen molar-refractivity contribution < 1.29 is 22.7 Å². The van der Waals surface area contributed by atoms with Crippen LogP contribution in [-0.2, 0) is 4.79 Å². The van der Waals surface area contributed by atoms with Crippen LogP contribution < -0.4 is 4.74 Å². The van der Waals surface area contributed by atoms with Gasteiger partial charge in [-0.15, -0.1) is 0 Å². The number of alkyl halides is 3. The average molecular weight is 242 g/mol. The van der Waals surface area contributed by atoms with Crippen molar-refractivity contribution in [2.75, 3.05) is 6.61 Å². The number of halogens is 3.